The molecule has 1 aromatic heterocycles. The third-order valence-corrected chi connectivity index (χ3v) is 3.31. The van der Waals surface area contributed by atoms with Gasteiger partial charge in [-0.2, -0.15) is 0 Å². The van der Waals surface area contributed by atoms with Crippen LogP contribution in [0.3, 0.4) is 0 Å². The molecule has 0 unspecified atom stereocenters. The average Bonchev–Trinajstić information content (AvgIpc) is 2.82. The molecule has 2 heterocycles. The van der Waals surface area contributed by atoms with Gasteiger partial charge in [-0.3, -0.25) is 9.88 Å². The van der Waals surface area contributed by atoms with Crippen molar-refractivity contribution in [2.75, 3.05) is 13.1 Å². The Morgan fingerprint density at radius 2 is 1.94 bits per heavy atom. The van der Waals surface area contributed by atoms with Gasteiger partial charge in [0.25, 0.3) is 0 Å². The van der Waals surface area contributed by atoms with E-state index in [9.17, 15) is 0 Å². The van der Waals surface area contributed by atoms with Gasteiger partial charge in [0.1, 0.15) is 0 Å². The molecule has 1 aromatic carbocycles. The predicted octanol–water partition coefficient (Wildman–Crippen LogP) is 2.83. The topological polar surface area (TPSA) is 16.1 Å². The smallest absolute Gasteiger partial charge is 0.0346 e. The van der Waals surface area contributed by atoms with E-state index in [-0.39, 0.29) is 0 Å². The zero-order valence-corrected chi connectivity index (χ0v) is 9.39. The molecular formula is C14H16N2. The van der Waals surface area contributed by atoms with Gasteiger partial charge >= 0.3 is 0 Å². The van der Waals surface area contributed by atoms with Gasteiger partial charge < -0.3 is 0 Å². The minimum absolute atomic E-state index is 1.09. The Kier molecular flexibility index (Phi) is 2.58. The molecule has 2 aromatic rings. The van der Waals surface area contributed by atoms with Gasteiger partial charge in [0.2, 0.25) is 0 Å². The Labute approximate surface area is 95.9 Å². The highest BCUT2D eigenvalue weighted by Gasteiger charge is 2.11. The summed E-state index contributed by atoms with van der Waals surface area (Å²) in [5.41, 5.74) is 1.41. The molecule has 0 aliphatic carbocycles. The van der Waals surface area contributed by atoms with Crippen LogP contribution in [0.4, 0.5) is 0 Å². The molecule has 0 atom stereocenters. The quantitative estimate of drug-likeness (QED) is 0.761. The number of likely N-dealkylation sites (tertiary alicyclic amines) is 1. The summed E-state index contributed by atoms with van der Waals surface area (Å²) in [6.07, 6.45) is 6.51. The van der Waals surface area contributed by atoms with E-state index < -0.39 is 0 Å². The molecular weight excluding hydrogens is 196 g/mol. The molecule has 0 spiro atoms. The zero-order chi connectivity index (χ0) is 10.8. The fraction of sp³-hybridized carbons (Fsp3) is 0.357. The summed E-state index contributed by atoms with van der Waals surface area (Å²) in [6, 6.07) is 8.76. The van der Waals surface area contributed by atoms with Crippen molar-refractivity contribution in [3.05, 3.63) is 42.2 Å². The molecule has 1 aliphatic heterocycles. The molecule has 2 heteroatoms. The van der Waals surface area contributed by atoms with E-state index in [4.69, 9.17) is 0 Å². The molecule has 2 nitrogen and oxygen atoms in total. The number of aromatic nitrogens is 1. The van der Waals surface area contributed by atoms with Crippen molar-refractivity contribution in [2.24, 2.45) is 0 Å². The van der Waals surface area contributed by atoms with Crippen molar-refractivity contribution in [3.63, 3.8) is 0 Å². The van der Waals surface area contributed by atoms with Gasteiger partial charge in [0.15, 0.2) is 0 Å². The first-order chi connectivity index (χ1) is 7.92. The molecule has 1 aliphatic rings. The Morgan fingerprint density at radius 3 is 2.81 bits per heavy atom. The molecule has 82 valence electrons. The van der Waals surface area contributed by atoms with Gasteiger partial charge in [-0.25, -0.2) is 0 Å². The van der Waals surface area contributed by atoms with E-state index in [0.717, 1.165) is 6.54 Å². The summed E-state index contributed by atoms with van der Waals surface area (Å²) in [7, 11) is 0. The molecule has 0 radical (unpaired) electrons. The van der Waals surface area contributed by atoms with Crippen LogP contribution in [0.15, 0.2) is 36.7 Å². The maximum Gasteiger partial charge on any atom is 0.0346 e. The third kappa shape index (κ3) is 1.93. The van der Waals surface area contributed by atoms with Crippen molar-refractivity contribution < 1.29 is 0 Å². The van der Waals surface area contributed by atoms with Crippen molar-refractivity contribution in [1.82, 2.24) is 9.88 Å². The first-order valence-corrected chi connectivity index (χ1v) is 5.97. The fourth-order valence-corrected chi connectivity index (χ4v) is 2.43. The second-order valence-electron chi connectivity index (χ2n) is 4.54. The lowest BCUT2D eigenvalue weighted by atomic mass is 10.1. The maximum absolute atomic E-state index is 4.17. The molecule has 0 bridgehead atoms. The Balaban J connectivity index is 1.86. The lowest BCUT2D eigenvalue weighted by Crippen LogP contribution is -2.18. The second-order valence-corrected chi connectivity index (χ2v) is 4.54. The van der Waals surface area contributed by atoms with Crippen LogP contribution < -0.4 is 0 Å². The predicted molar refractivity (Wildman–Crippen MR) is 66.3 cm³/mol. The highest BCUT2D eigenvalue weighted by Crippen LogP contribution is 2.17. The maximum atomic E-state index is 4.17. The van der Waals surface area contributed by atoms with Crippen molar-refractivity contribution in [1.29, 1.82) is 0 Å². The minimum Gasteiger partial charge on any atom is -0.299 e. The Morgan fingerprint density at radius 1 is 1.06 bits per heavy atom. The molecule has 3 rings (SSSR count). The number of rotatable bonds is 2. The lowest BCUT2D eigenvalue weighted by Gasteiger charge is -2.14. The van der Waals surface area contributed by atoms with Gasteiger partial charge in [-0.1, -0.05) is 12.1 Å². The normalized spacial score (nSPS) is 17.0. The number of nitrogens with zero attached hydrogens (tertiary/aromatic N) is 2. The van der Waals surface area contributed by atoms with Crippen LogP contribution in [-0.4, -0.2) is 23.0 Å². The monoisotopic (exact) mass is 212 g/mol. The van der Waals surface area contributed by atoms with Crippen LogP contribution in [0, 0.1) is 0 Å². The standard InChI is InChI=1S/C14H16N2/c1-2-8-16(7-1)11-12-3-4-13-5-6-15-10-14(13)9-12/h3-6,9-10H,1-2,7-8,11H2. The lowest BCUT2D eigenvalue weighted by molar-refractivity contribution is 0.331. The fourth-order valence-electron chi connectivity index (χ4n) is 2.43. The average molecular weight is 212 g/mol. The molecule has 0 amide bonds. The van der Waals surface area contributed by atoms with Crippen LogP contribution in [-0.2, 0) is 6.54 Å². The summed E-state index contributed by atoms with van der Waals surface area (Å²) < 4.78 is 0. The number of hydrogen-bond donors (Lipinski definition) is 0. The molecule has 0 saturated carbocycles. The number of benzene rings is 1. The van der Waals surface area contributed by atoms with Gasteiger partial charge in [-0.15, -0.1) is 0 Å². The van der Waals surface area contributed by atoms with Gasteiger partial charge in [0.05, 0.1) is 0 Å². The number of hydrogen-bond acceptors (Lipinski definition) is 2. The summed E-state index contributed by atoms with van der Waals surface area (Å²) in [5.74, 6) is 0. The van der Waals surface area contributed by atoms with Crippen LogP contribution in [0.5, 0.6) is 0 Å². The highest BCUT2D eigenvalue weighted by molar-refractivity contribution is 5.81. The number of pyridine rings is 1. The van der Waals surface area contributed by atoms with E-state index in [1.807, 2.05) is 12.4 Å². The molecule has 1 fully saturated rings. The van der Waals surface area contributed by atoms with Crippen molar-refractivity contribution in [2.45, 2.75) is 19.4 Å². The van der Waals surface area contributed by atoms with Crippen LogP contribution in [0.2, 0.25) is 0 Å². The summed E-state index contributed by atoms with van der Waals surface area (Å²) in [6.45, 7) is 3.60. The van der Waals surface area contributed by atoms with Gasteiger partial charge in [0, 0.05) is 24.3 Å². The van der Waals surface area contributed by atoms with Crippen molar-refractivity contribution in [3.8, 4) is 0 Å². The Bertz CT molecular complexity index is 487. The summed E-state index contributed by atoms with van der Waals surface area (Å²) >= 11 is 0. The summed E-state index contributed by atoms with van der Waals surface area (Å²) in [4.78, 5) is 6.70. The highest BCUT2D eigenvalue weighted by atomic mass is 15.1. The molecule has 0 N–H and O–H groups in total. The Hall–Kier alpha value is -1.41. The van der Waals surface area contributed by atoms with Gasteiger partial charge in [-0.05, 0) is 49.0 Å². The SMILES string of the molecule is c1cc2ccc(CN3CCCC3)cc2cn1. The van der Waals surface area contributed by atoms with Crippen LogP contribution in [0.1, 0.15) is 18.4 Å². The third-order valence-electron chi connectivity index (χ3n) is 3.31. The molecule has 16 heavy (non-hydrogen) atoms. The van der Waals surface area contributed by atoms with Crippen molar-refractivity contribution >= 4 is 10.8 Å². The van der Waals surface area contributed by atoms with E-state index in [1.54, 1.807) is 0 Å². The largest absolute Gasteiger partial charge is 0.299 e. The van der Waals surface area contributed by atoms with E-state index in [2.05, 4.69) is 34.1 Å². The summed E-state index contributed by atoms with van der Waals surface area (Å²) in [5, 5.41) is 2.53. The van der Waals surface area contributed by atoms with Crippen LogP contribution >= 0.6 is 0 Å². The minimum atomic E-state index is 1.09. The molecule has 1 saturated heterocycles. The zero-order valence-electron chi connectivity index (χ0n) is 9.39. The van der Waals surface area contributed by atoms with E-state index in [1.165, 1.54) is 42.3 Å². The van der Waals surface area contributed by atoms with E-state index >= 15 is 0 Å². The number of fused-ring (bicyclic) bond motifs is 1. The second kappa shape index (κ2) is 4.22. The first kappa shape index (κ1) is 9.79. The first-order valence-electron chi connectivity index (χ1n) is 5.97. The van der Waals surface area contributed by atoms with E-state index in [0.29, 0.717) is 0 Å². The van der Waals surface area contributed by atoms with Crippen LogP contribution in [0.25, 0.3) is 10.8 Å².